The number of aromatic amines is 1. The molecule has 1 aromatic heterocycles. The SMILES string of the molecule is Cc1ccc(OC[C@H](O)CNc2cc[nH]c(=O)c2C2=Nc3c(cc4c(c3C)CN(C3CCN(C)CC3)C4=O)C2)c(C)c1. The summed E-state index contributed by atoms with van der Waals surface area (Å²) in [6.07, 6.45) is 3.26. The number of likely N-dealkylation sites (tertiary alicyclic amines) is 1. The second-order valence-corrected chi connectivity index (χ2v) is 11.9. The zero-order valence-electron chi connectivity index (χ0n) is 24.8. The van der Waals surface area contributed by atoms with Crippen LogP contribution in [-0.4, -0.2) is 76.9 Å². The molecule has 3 aliphatic rings. The smallest absolute Gasteiger partial charge is 0.259 e. The van der Waals surface area contributed by atoms with Crippen LogP contribution in [0.4, 0.5) is 11.4 Å². The first-order chi connectivity index (χ1) is 20.2. The predicted octanol–water partition coefficient (Wildman–Crippen LogP) is 3.88. The zero-order chi connectivity index (χ0) is 29.5. The number of nitrogens with one attached hydrogen (secondary N) is 2. The molecule has 0 aliphatic carbocycles. The number of aliphatic hydroxyl groups excluding tert-OH is 1. The standard InChI is InChI=1S/C33H39N5O4/c1-19-5-6-29(20(2)13-19)42-18-24(39)16-35-27-7-10-34-32(40)30(27)28-15-22-14-25-26(21(3)31(22)36-28)17-38(33(25)41)23-8-11-37(4)12-9-23/h5-7,10,13-14,23-24,39H,8-9,11-12,15-18H2,1-4H3,(H2,34,35,40)/t24-/m1/s1. The van der Waals surface area contributed by atoms with Crippen molar-refractivity contribution < 1.29 is 14.6 Å². The Morgan fingerprint density at radius 2 is 1.93 bits per heavy atom. The lowest BCUT2D eigenvalue weighted by molar-refractivity contribution is 0.0616. The number of piperidine rings is 1. The number of H-pyrrole nitrogens is 1. The Labute approximate surface area is 246 Å². The van der Waals surface area contributed by atoms with E-state index in [1.807, 2.05) is 49.9 Å². The van der Waals surface area contributed by atoms with Gasteiger partial charge in [0.1, 0.15) is 18.5 Å². The van der Waals surface area contributed by atoms with Crippen LogP contribution >= 0.6 is 0 Å². The summed E-state index contributed by atoms with van der Waals surface area (Å²) < 4.78 is 5.83. The molecule has 1 saturated heterocycles. The molecule has 1 fully saturated rings. The van der Waals surface area contributed by atoms with Crippen molar-refractivity contribution in [2.24, 2.45) is 4.99 Å². The van der Waals surface area contributed by atoms with Crippen LogP contribution in [0, 0.1) is 20.8 Å². The number of aryl methyl sites for hydroxylation is 2. The van der Waals surface area contributed by atoms with Crippen LogP contribution in [-0.2, 0) is 13.0 Å². The first-order valence-electron chi connectivity index (χ1n) is 14.8. The van der Waals surface area contributed by atoms with Gasteiger partial charge in [-0.3, -0.25) is 14.6 Å². The van der Waals surface area contributed by atoms with E-state index in [-0.39, 0.29) is 30.7 Å². The van der Waals surface area contributed by atoms with Crippen molar-refractivity contribution >= 4 is 23.0 Å². The molecule has 0 unspecified atom stereocenters. The number of rotatable bonds is 8. The maximum atomic E-state index is 13.5. The van der Waals surface area contributed by atoms with Crippen LogP contribution in [0.1, 0.15) is 56.6 Å². The van der Waals surface area contributed by atoms with Crippen LogP contribution in [0.3, 0.4) is 0 Å². The van der Waals surface area contributed by atoms with Crippen LogP contribution in [0.25, 0.3) is 0 Å². The van der Waals surface area contributed by atoms with Gasteiger partial charge in [-0.15, -0.1) is 0 Å². The summed E-state index contributed by atoms with van der Waals surface area (Å²) in [6, 6.07) is 9.98. The van der Waals surface area contributed by atoms with Gasteiger partial charge in [-0.25, -0.2) is 0 Å². The van der Waals surface area contributed by atoms with Gasteiger partial charge < -0.3 is 29.9 Å². The molecule has 42 heavy (non-hydrogen) atoms. The highest BCUT2D eigenvalue weighted by Gasteiger charge is 2.37. The van der Waals surface area contributed by atoms with Crippen molar-refractivity contribution in [3.05, 3.63) is 85.8 Å². The molecule has 0 saturated carbocycles. The van der Waals surface area contributed by atoms with E-state index in [2.05, 4.69) is 22.2 Å². The maximum absolute atomic E-state index is 13.5. The third-order valence-electron chi connectivity index (χ3n) is 8.85. The van der Waals surface area contributed by atoms with Crippen molar-refractivity contribution in [2.45, 2.75) is 58.7 Å². The third kappa shape index (κ3) is 5.34. The molecule has 0 radical (unpaired) electrons. The Morgan fingerprint density at radius 3 is 2.69 bits per heavy atom. The van der Waals surface area contributed by atoms with E-state index in [0.29, 0.717) is 29.9 Å². The highest BCUT2D eigenvalue weighted by Crippen LogP contribution is 2.40. The Balaban J connectivity index is 1.17. The lowest BCUT2D eigenvalue weighted by Gasteiger charge is -2.35. The normalized spacial score (nSPS) is 17.7. The molecule has 2 aromatic carbocycles. The average molecular weight is 570 g/mol. The van der Waals surface area contributed by atoms with E-state index in [9.17, 15) is 14.7 Å². The highest BCUT2D eigenvalue weighted by atomic mass is 16.5. The molecular weight excluding hydrogens is 530 g/mol. The number of aliphatic hydroxyl groups is 1. The number of carbonyl (C=O) groups excluding carboxylic acids is 1. The van der Waals surface area contributed by atoms with E-state index in [0.717, 1.165) is 70.7 Å². The summed E-state index contributed by atoms with van der Waals surface area (Å²) in [5.41, 5.74) is 8.30. The first kappa shape index (κ1) is 28.2. The van der Waals surface area contributed by atoms with Crippen molar-refractivity contribution in [3.8, 4) is 5.75 Å². The van der Waals surface area contributed by atoms with E-state index >= 15 is 0 Å². The Hall–Kier alpha value is -3.95. The summed E-state index contributed by atoms with van der Waals surface area (Å²) >= 11 is 0. The fourth-order valence-electron chi connectivity index (χ4n) is 6.44. The minimum atomic E-state index is -0.788. The number of nitrogens with zero attached hydrogens (tertiary/aromatic N) is 3. The van der Waals surface area contributed by atoms with Crippen LogP contribution in [0.15, 0.2) is 46.3 Å². The van der Waals surface area contributed by atoms with Crippen molar-refractivity contribution in [3.63, 3.8) is 0 Å². The van der Waals surface area contributed by atoms with Gasteiger partial charge in [-0.2, -0.15) is 0 Å². The molecule has 1 amide bonds. The van der Waals surface area contributed by atoms with Crippen LogP contribution in [0.2, 0.25) is 0 Å². The van der Waals surface area contributed by atoms with Gasteiger partial charge in [0.05, 0.1) is 22.6 Å². The molecule has 0 spiro atoms. The average Bonchev–Trinajstić information content (AvgIpc) is 3.53. The number of pyridine rings is 1. The lowest BCUT2D eigenvalue weighted by Crippen LogP contribution is -2.43. The van der Waals surface area contributed by atoms with Gasteiger partial charge in [-0.1, -0.05) is 17.7 Å². The van der Waals surface area contributed by atoms with Crippen molar-refractivity contribution in [1.82, 2.24) is 14.8 Å². The van der Waals surface area contributed by atoms with Gasteiger partial charge in [-0.05, 0) is 94.2 Å². The fraction of sp³-hybridized carbons (Fsp3) is 0.424. The number of hydrogen-bond acceptors (Lipinski definition) is 7. The monoisotopic (exact) mass is 569 g/mol. The van der Waals surface area contributed by atoms with Gasteiger partial charge >= 0.3 is 0 Å². The minimum Gasteiger partial charge on any atom is -0.491 e. The van der Waals surface area contributed by atoms with Crippen LogP contribution < -0.4 is 15.6 Å². The Kier molecular flexibility index (Phi) is 7.64. The molecule has 9 heteroatoms. The summed E-state index contributed by atoms with van der Waals surface area (Å²) in [5, 5.41) is 13.9. The Bertz CT molecular complexity index is 1620. The van der Waals surface area contributed by atoms with E-state index in [1.54, 1.807) is 12.3 Å². The third-order valence-corrected chi connectivity index (χ3v) is 8.85. The number of carbonyl (C=O) groups is 1. The molecule has 6 rings (SSSR count). The van der Waals surface area contributed by atoms with Crippen molar-refractivity contribution in [1.29, 1.82) is 0 Å². The highest BCUT2D eigenvalue weighted by molar-refractivity contribution is 6.11. The second kappa shape index (κ2) is 11.4. The number of ether oxygens (including phenoxy) is 1. The summed E-state index contributed by atoms with van der Waals surface area (Å²) in [5.74, 6) is 0.848. The van der Waals surface area contributed by atoms with Gasteiger partial charge in [0.2, 0.25) is 0 Å². The molecule has 3 aromatic rings. The Morgan fingerprint density at radius 1 is 1.14 bits per heavy atom. The second-order valence-electron chi connectivity index (χ2n) is 11.9. The van der Waals surface area contributed by atoms with Gasteiger partial charge in [0.15, 0.2) is 0 Å². The molecular formula is C33H39N5O4. The quantitative estimate of drug-likeness (QED) is 0.380. The lowest BCUT2D eigenvalue weighted by atomic mass is 9.96. The number of fused-ring (bicyclic) bond motifs is 2. The number of hydrogen-bond donors (Lipinski definition) is 3. The molecule has 3 aliphatic heterocycles. The van der Waals surface area contributed by atoms with E-state index < -0.39 is 6.10 Å². The minimum absolute atomic E-state index is 0.107. The summed E-state index contributed by atoms with van der Waals surface area (Å²) in [7, 11) is 2.13. The molecule has 3 N–H and O–H groups in total. The van der Waals surface area contributed by atoms with Gasteiger partial charge in [0, 0.05) is 37.3 Å². The van der Waals surface area contributed by atoms with E-state index in [1.165, 1.54) is 0 Å². The zero-order valence-corrected chi connectivity index (χ0v) is 24.8. The number of anilines is 1. The van der Waals surface area contributed by atoms with Gasteiger partial charge in [0.25, 0.3) is 11.5 Å². The van der Waals surface area contributed by atoms with Crippen molar-refractivity contribution in [2.75, 3.05) is 38.6 Å². The molecule has 4 heterocycles. The molecule has 1 atom stereocenters. The largest absolute Gasteiger partial charge is 0.491 e. The number of benzene rings is 2. The van der Waals surface area contributed by atoms with E-state index in [4.69, 9.17) is 9.73 Å². The predicted molar refractivity (Wildman–Crippen MR) is 164 cm³/mol. The maximum Gasteiger partial charge on any atom is 0.259 e. The number of aliphatic imine (C=N–C) groups is 1. The topological polar surface area (TPSA) is 110 Å². The molecule has 220 valence electrons. The fourth-order valence-corrected chi connectivity index (χ4v) is 6.44. The number of aromatic nitrogens is 1. The first-order valence-corrected chi connectivity index (χ1v) is 14.8. The molecule has 0 bridgehead atoms. The molecule has 9 nitrogen and oxygen atoms in total. The summed E-state index contributed by atoms with van der Waals surface area (Å²) in [4.78, 5) is 38.6. The number of amides is 1. The van der Waals surface area contributed by atoms with Crippen LogP contribution in [0.5, 0.6) is 5.75 Å². The summed E-state index contributed by atoms with van der Waals surface area (Å²) in [6.45, 7) is 9.00.